The molecule has 0 radical (unpaired) electrons. The van der Waals surface area contributed by atoms with Gasteiger partial charge < -0.3 is 9.72 Å². The van der Waals surface area contributed by atoms with Gasteiger partial charge in [0, 0.05) is 17.8 Å². The molecule has 2 aromatic heterocycles. The van der Waals surface area contributed by atoms with Crippen LogP contribution in [0.1, 0.15) is 35.7 Å². The summed E-state index contributed by atoms with van der Waals surface area (Å²) >= 11 is 0. The van der Waals surface area contributed by atoms with Crippen molar-refractivity contribution in [2.75, 3.05) is 13.1 Å². The summed E-state index contributed by atoms with van der Waals surface area (Å²) in [5.41, 5.74) is 4.99. The van der Waals surface area contributed by atoms with Gasteiger partial charge >= 0.3 is 0 Å². The van der Waals surface area contributed by atoms with Crippen LogP contribution in [0.2, 0.25) is 0 Å². The van der Waals surface area contributed by atoms with Crippen LogP contribution < -0.4 is 5.32 Å². The molecule has 0 amide bonds. The van der Waals surface area contributed by atoms with Crippen molar-refractivity contribution in [2.45, 2.75) is 32.6 Å². The van der Waals surface area contributed by atoms with Crippen LogP contribution in [0.5, 0.6) is 0 Å². The van der Waals surface area contributed by atoms with Crippen molar-refractivity contribution in [3.63, 3.8) is 0 Å². The SMILES string of the molecule is Cc1ccc2nc(C3CCNCC3)c(C)n2c1. The minimum Gasteiger partial charge on any atom is -0.317 e. The molecule has 3 heterocycles. The zero-order chi connectivity index (χ0) is 11.8. The van der Waals surface area contributed by atoms with E-state index in [1.165, 1.54) is 29.8 Å². The molecule has 1 aliphatic heterocycles. The number of imidazole rings is 1. The first-order chi connectivity index (χ1) is 8.25. The fraction of sp³-hybridized carbons (Fsp3) is 0.500. The van der Waals surface area contributed by atoms with Gasteiger partial charge in [-0.1, -0.05) is 6.07 Å². The maximum atomic E-state index is 4.81. The maximum absolute atomic E-state index is 4.81. The first-order valence-electron chi connectivity index (χ1n) is 6.41. The standard InChI is InChI=1S/C14H19N3/c1-10-3-4-13-16-14(11(2)17(13)9-10)12-5-7-15-8-6-12/h3-4,9,12,15H,5-8H2,1-2H3. The van der Waals surface area contributed by atoms with Gasteiger partial charge in [0.25, 0.3) is 0 Å². The van der Waals surface area contributed by atoms with Crippen LogP contribution in [0.15, 0.2) is 18.3 Å². The van der Waals surface area contributed by atoms with E-state index in [0.29, 0.717) is 5.92 Å². The van der Waals surface area contributed by atoms with Crippen molar-refractivity contribution < 1.29 is 0 Å². The Morgan fingerprint density at radius 3 is 2.76 bits per heavy atom. The van der Waals surface area contributed by atoms with Crippen LogP contribution >= 0.6 is 0 Å². The van der Waals surface area contributed by atoms with Crippen LogP contribution in [0.4, 0.5) is 0 Å². The van der Waals surface area contributed by atoms with Gasteiger partial charge in [-0.05, 0) is 51.4 Å². The van der Waals surface area contributed by atoms with Crippen molar-refractivity contribution in [1.29, 1.82) is 0 Å². The quantitative estimate of drug-likeness (QED) is 0.813. The summed E-state index contributed by atoms with van der Waals surface area (Å²) in [6.45, 7) is 6.56. The molecule has 0 spiro atoms. The minimum atomic E-state index is 0.636. The molecule has 3 nitrogen and oxygen atoms in total. The lowest BCUT2D eigenvalue weighted by atomic mass is 9.94. The fourth-order valence-corrected chi connectivity index (χ4v) is 2.77. The average molecular weight is 229 g/mol. The van der Waals surface area contributed by atoms with Crippen LogP contribution in [-0.2, 0) is 0 Å². The summed E-state index contributed by atoms with van der Waals surface area (Å²) in [6, 6.07) is 4.25. The van der Waals surface area contributed by atoms with E-state index in [-0.39, 0.29) is 0 Å². The summed E-state index contributed by atoms with van der Waals surface area (Å²) in [4.78, 5) is 4.81. The Morgan fingerprint density at radius 1 is 1.24 bits per heavy atom. The molecule has 90 valence electrons. The molecule has 1 saturated heterocycles. The molecular formula is C14H19N3. The van der Waals surface area contributed by atoms with Crippen molar-refractivity contribution >= 4 is 5.65 Å². The van der Waals surface area contributed by atoms with Gasteiger partial charge in [0.1, 0.15) is 5.65 Å². The van der Waals surface area contributed by atoms with Crippen molar-refractivity contribution in [1.82, 2.24) is 14.7 Å². The van der Waals surface area contributed by atoms with E-state index >= 15 is 0 Å². The summed E-state index contributed by atoms with van der Waals surface area (Å²) in [5, 5.41) is 3.41. The highest BCUT2D eigenvalue weighted by Gasteiger charge is 2.20. The minimum absolute atomic E-state index is 0.636. The molecule has 1 aliphatic rings. The zero-order valence-corrected chi connectivity index (χ0v) is 10.5. The third-order valence-electron chi connectivity index (χ3n) is 3.77. The number of nitrogens with zero attached hydrogens (tertiary/aromatic N) is 2. The lowest BCUT2D eigenvalue weighted by molar-refractivity contribution is 0.453. The van der Waals surface area contributed by atoms with Gasteiger partial charge in [-0.3, -0.25) is 0 Å². The lowest BCUT2D eigenvalue weighted by Gasteiger charge is -2.21. The number of nitrogens with one attached hydrogen (secondary N) is 1. The van der Waals surface area contributed by atoms with Crippen molar-refractivity contribution in [2.24, 2.45) is 0 Å². The monoisotopic (exact) mass is 229 g/mol. The predicted octanol–water partition coefficient (Wildman–Crippen LogP) is 2.42. The van der Waals surface area contributed by atoms with Crippen molar-refractivity contribution in [3.8, 4) is 0 Å². The van der Waals surface area contributed by atoms with E-state index in [2.05, 4.69) is 41.9 Å². The molecular weight excluding hydrogens is 210 g/mol. The number of hydrogen-bond donors (Lipinski definition) is 1. The van der Waals surface area contributed by atoms with Gasteiger partial charge in [0.15, 0.2) is 0 Å². The van der Waals surface area contributed by atoms with Gasteiger partial charge in [-0.2, -0.15) is 0 Å². The maximum Gasteiger partial charge on any atom is 0.137 e. The molecule has 0 aromatic carbocycles. The third kappa shape index (κ3) is 1.84. The molecule has 17 heavy (non-hydrogen) atoms. The molecule has 1 fully saturated rings. The van der Waals surface area contributed by atoms with Crippen molar-refractivity contribution in [3.05, 3.63) is 35.3 Å². The Labute approximate surface area is 102 Å². The average Bonchev–Trinajstić information content (AvgIpc) is 2.68. The van der Waals surface area contributed by atoms with Gasteiger partial charge in [-0.25, -0.2) is 4.98 Å². The highest BCUT2D eigenvalue weighted by Crippen LogP contribution is 2.27. The topological polar surface area (TPSA) is 29.3 Å². The smallest absolute Gasteiger partial charge is 0.137 e. The first-order valence-corrected chi connectivity index (χ1v) is 6.41. The molecule has 0 saturated carbocycles. The highest BCUT2D eigenvalue weighted by molar-refractivity contribution is 5.45. The number of hydrogen-bond acceptors (Lipinski definition) is 2. The summed E-state index contributed by atoms with van der Waals surface area (Å²) in [5.74, 6) is 0.636. The number of pyridine rings is 1. The second kappa shape index (κ2) is 4.15. The largest absolute Gasteiger partial charge is 0.317 e. The molecule has 1 N–H and O–H groups in total. The molecule has 0 aliphatic carbocycles. The predicted molar refractivity (Wildman–Crippen MR) is 69.5 cm³/mol. The number of fused-ring (bicyclic) bond motifs is 1. The van der Waals surface area contributed by atoms with Crippen LogP contribution in [-0.4, -0.2) is 22.5 Å². The Kier molecular flexibility index (Phi) is 2.63. The lowest BCUT2D eigenvalue weighted by Crippen LogP contribution is -2.27. The van der Waals surface area contributed by atoms with Crippen LogP contribution in [0, 0.1) is 13.8 Å². The van der Waals surface area contributed by atoms with Gasteiger partial charge in [-0.15, -0.1) is 0 Å². The van der Waals surface area contributed by atoms with Gasteiger partial charge in [0.05, 0.1) is 5.69 Å². The Balaban J connectivity index is 2.07. The van der Waals surface area contributed by atoms with Crippen LogP contribution in [0.3, 0.4) is 0 Å². The highest BCUT2D eigenvalue weighted by atomic mass is 15.0. The molecule has 2 aromatic rings. The number of piperidine rings is 1. The number of aromatic nitrogens is 2. The van der Waals surface area contributed by atoms with E-state index in [0.717, 1.165) is 18.7 Å². The zero-order valence-electron chi connectivity index (χ0n) is 10.5. The number of rotatable bonds is 1. The summed E-state index contributed by atoms with van der Waals surface area (Å²) < 4.78 is 2.23. The third-order valence-corrected chi connectivity index (χ3v) is 3.77. The second-order valence-corrected chi connectivity index (χ2v) is 5.04. The molecule has 3 heteroatoms. The Bertz CT molecular complexity index is 536. The van der Waals surface area contributed by atoms with Gasteiger partial charge in [0.2, 0.25) is 0 Å². The first kappa shape index (κ1) is 10.8. The normalized spacial score (nSPS) is 17.8. The molecule has 3 rings (SSSR count). The van der Waals surface area contributed by atoms with E-state index < -0.39 is 0 Å². The molecule has 0 unspecified atom stereocenters. The van der Waals surface area contributed by atoms with Crippen LogP contribution in [0.25, 0.3) is 5.65 Å². The van der Waals surface area contributed by atoms with E-state index in [1.807, 2.05) is 0 Å². The summed E-state index contributed by atoms with van der Waals surface area (Å²) in [7, 11) is 0. The molecule has 0 atom stereocenters. The number of aryl methyl sites for hydroxylation is 2. The Hall–Kier alpha value is -1.35. The molecule has 0 bridgehead atoms. The summed E-state index contributed by atoms with van der Waals surface area (Å²) in [6.07, 6.45) is 4.61. The fourth-order valence-electron chi connectivity index (χ4n) is 2.77. The Morgan fingerprint density at radius 2 is 2.00 bits per heavy atom. The second-order valence-electron chi connectivity index (χ2n) is 5.04. The van der Waals surface area contributed by atoms with E-state index in [9.17, 15) is 0 Å². The van der Waals surface area contributed by atoms with E-state index in [4.69, 9.17) is 4.98 Å². The van der Waals surface area contributed by atoms with E-state index in [1.54, 1.807) is 0 Å².